The fourth-order valence-corrected chi connectivity index (χ4v) is 1.94. The second-order valence-electron chi connectivity index (χ2n) is 4.00. The molecule has 1 aliphatic rings. The van der Waals surface area contributed by atoms with Gasteiger partial charge in [-0.3, -0.25) is 4.79 Å². The van der Waals surface area contributed by atoms with Crippen molar-refractivity contribution in [1.82, 2.24) is 5.32 Å². The van der Waals surface area contributed by atoms with E-state index in [-0.39, 0.29) is 5.91 Å². The van der Waals surface area contributed by atoms with Gasteiger partial charge in [0.05, 0.1) is 0 Å². The zero-order valence-corrected chi connectivity index (χ0v) is 9.98. The number of nitrogens with one attached hydrogen (secondary N) is 1. The van der Waals surface area contributed by atoms with Crippen molar-refractivity contribution in [3.63, 3.8) is 0 Å². The SMILES string of the molecule is O=C(CCCCl)NCCC1=CCCCC1. The van der Waals surface area contributed by atoms with Gasteiger partial charge in [-0.05, 0) is 38.5 Å². The molecule has 1 rings (SSSR count). The molecule has 0 spiro atoms. The normalized spacial score (nSPS) is 15.9. The summed E-state index contributed by atoms with van der Waals surface area (Å²) in [6.07, 6.45) is 9.75. The largest absolute Gasteiger partial charge is 0.356 e. The van der Waals surface area contributed by atoms with Gasteiger partial charge in [-0.1, -0.05) is 11.6 Å². The number of hydrogen-bond acceptors (Lipinski definition) is 1. The molecule has 0 heterocycles. The highest BCUT2D eigenvalue weighted by molar-refractivity contribution is 6.17. The second kappa shape index (κ2) is 7.75. The van der Waals surface area contributed by atoms with Crippen molar-refractivity contribution in [2.45, 2.75) is 44.9 Å². The van der Waals surface area contributed by atoms with Crippen LogP contribution in [0.5, 0.6) is 0 Å². The van der Waals surface area contributed by atoms with Gasteiger partial charge in [-0.15, -0.1) is 11.6 Å². The monoisotopic (exact) mass is 229 g/mol. The first kappa shape index (κ1) is 12.6. The van der Waals surface area contributed by atoms with Crippen molar-refractivity contribution >= 4 is 17.5 Å². The van der Waals surface area contributed by atoms with Crippen molar-refractivity contribution in [3.05, 3.63) is 11.6 Å². The molecule has 86 valence electrons. The van der Waals surface area contributed by atoms with Crippen molar-refractivity contribution in [2.75, 3.05) is 12.4 Å². The number of carbonyl (C=O) groups is 1. The van der Waals surface area contributed by atoms with Crippen LogP contribution < -0.4 is 5.32 Å². The fraction of sp³-hybridized carbons (Fsp3) is 0.750. The molecule has 0 aromatic carbocycles. The summed E-state index contributed by atoms with van der Waals surface area (Å²) < 4.78 is 0. The first-order chi connectivity index (χ1) is 7.33. The summed E-state index contributed by atoms with van der Waals surface area (Å²) in [5.74, 6) is 0.700. The number of hydrogen-bond donors (Lipinski definition) is 1. The predicted octanol–water partition coefficient (Wildman–Crippen LogP) is 3.01. The quantitative estimate of drug-likeness (QED) is 0.551. The maximum Gasteiger partial charge on any atom is 0.220 e. The summed E-state index contributed by atoms with van der Waals surface area (Å²) >= 11 is 5.51. The maximum absolute atomic E-state index is 11.3. The third-order valence-electron chi connectivity index (χ3n) is 2.69. The molecule has 1 amide bonds. The Morgan fingerprint density at radius 2 is 2.33 bits per heavy atom. The van der Waals surface area contributed by atoms with E-state index in [4.69, 9.17) is 11.6 Å². The minimum absolute atomic E-state index is 0.132. The smallest absolute Gasteiger partial charge is 0.220 e. The lowest BCUT2D eigenvalue weighted by Gasteiger charge is -2.12. The van der Waals surface area contributed by atoms with Gasteiger partial charge in [0.1, 0.15) is 0 Å². The molecule has 0 aliphatic heterocycles. The topological polar surface area (TPSA) is 29.1 Å². The summed E-state index contributed by atoms with van der Waals surface area (Å²) in [4.78, 5) is 11.3. The Kier molecular flexibility index (Phi) is 6.49. The van der Waals surface area contributed by atoms with Crippen LogP contribution in [0.3, 0.4) is 0 Å². The van der Waals surface area contributed by atoms with Crippen LogP contribution in [-0.2, 0) is 4.79 Å². The van der Waals surface area contributed by atoms with Crippen LogP contribution in [-0.4, -0.2) is 18.3 Å². The summed E-state index contributed by atoms with van der Waals surface area (Å²) in [5, 5.41) is 2.93. The number of rotatable bonds is 6. The molecule has 0 saturated heterocycles. The average Bonchev–Trinajstić information content (AvgIpc) is 2.28. The van der Waals surface area contributed by atoms with E-state index in [1.54, 1.807) is 0 Å². The maximum atomic E-state index is 11.3. The van der Waals surface area contributed by atoms with E-state index >= 15 is 0 Å². The molecular formula is C12H20ClNO. The minimum Gasteiger partial charge on any atom is -0.356 e. The lowest BCUT2D eigenvalue weighted by atomic mass is 9.97. The summed E-state index contributed by atoms with van der Waals surface area (Å²) in [5.41, 5.74) is 1.51. The number of halogens is 1. The van der Waals surface area contributed by atoms with E-state index < -0.39 is 0 Å². The van der Waals surface area contributed by atoms with E-state index in [1.165, 1.54) is 31.3 Å². The van der Waals surface area contributed by atoms with E-state index in [2.05, 4.69) is 11.4 Å². The van der Waals surface area contributed by atoms with Crippen molar-refractivity contribution in [1.29, 1.82) is 0 Å². The minimum atomic E-state index is 0.132. The lowest BCUT2D eigenvalue weighted by molar-refractivity contribution is -0.121. The van der Waals surface area contributed by atoms with Crippen LogP contribution in [0.15, 0.2) is 11.6 Å². The summed E-state index contributed by atoms with van der Waals surface area (Å²) in [7, 11) is 0. The zero-order chi connectivity index (χ0) is 10.9. The molecule has 0 saturated carbocycles. The molecule has 0 bridgehead atoms. The van der Waals surface area contributed by atoms with Gasteiger partial charge >= 0.3 is 0 Å². The van der Waals surface area contributed by atoms with Crippen LogP contribution in [0, 0.1) is 0 Å². The Bertz CT molecular complexity index is 226. The third kappa shape index (κ3) is 5.83. The van der Waals surface area contributed by atoms with Crippen LogP contribution in [0.25, 0.3) is 0 Å². The van der Waals surface area contributed by atoms with Crippen molar-refractivity contribution < 1.29 is 4.79 Å². The average molecular weight is 230 g/mol. The Morgan fingerprint density at radius 1 is 1.47 bits per heavy atom. The summed E-state index contributed by atoms with van der Waals surface area (Å²) in [6.45, 7) is 0.785. The van der Waals surface area contributed by atoms with Crippen LogP contribution >= 0.6 is 11.6 Å². The molecule has 1 aliphatic carbocycles. The van der Waals surface area contributed by atoms with E-state index in [9.17, 15) is 4.79 Å². The molecule has 0 fully saturated rings. The molecule has 0 atom stereocenters. The third-order valence-corrected chi connectivity index (χ3v) is 2.96. The number of allylic oxidation sites excluding steroid dienone is 1. The molecule has 15 heavy (non-hydrogen) atoms. The standard InChI is InChI=1S/C12H20ClNO/c13-9-4-7-12(15)14-10-8-11-5-2-1-3-6-11/h5H,1-4,6-10H2,(H,14,15). The molecule has 1 N–H and O–H groups in total. The van der Waals surface area contributed by atoms with Gasteiger partial charge in [-0.25, -0.2) is 0 Å². The molecule has 0 aromatic rings. The lowest BCUT2D eigenvalue weighted by Crippen LogP contribution is -2.24. The Morgan fingerprint density at radius 3 is 3.00 bits per heavy atom. The predicted molar refractivity (Wildman–Crippen MR) is 64.1 cm³/mol. The molecule has 0 radical (unpaired) electrons. The Balaban J connectivity index is 2.04. The summed E-state index contributed by atoms with van der Waals surface area (Å²) in [6, 6.07) is 0. The van der Waals surface area contributed by atoms with Crippen LogP contribution in [0.4, 0.5) is 0 Å². The molecule has 3 heteroatoms. The van der Waals surface area contributed by atoms with E-state index in [1.807, 2.05) is 0 Å². The molecule has 2 nitrogen and oxygen atoms in total. The van der Waals surface area contributed by atoms with Gasteiger partial charge in [0.2, 0.25) is 5.91 Å². The molecule has 0 aromatic heterocycles. The van der Waals surface area contributed by atoms with Gasteiger partial charge in [0, 0.05) is 18.8 Å². The van der Waals surface area contributed by atoms with Crippen molar-refractivity contribution in [2.24, 2.45) is 0 Å². The van der Waals surface area contributed by atoms with Gasteiger partial charge < -0.3 is 5.32 Å². The number of alkyl halides is 1. The van der Waals surface area contributed by atoms with Gasteiger partial charge in [0.25, 0.3) is 0 Å². The Hall–Kier alpha value is -0.500. The van der Waals surface area contributed by atoms with Crippen LogP contribution in [0.2, 0.25) is 0 Å². The highest BCUT2D eigenvalue weighted by Gasteiger charge is 2.04. The first-order valence-corrected chi connectivity index (χ1v) is 6.37. The van der Waals surface area contributed by atoms with Gasteiger partial charge in [-0.2, -0.15) is 0 Å². The van der Waals surface area contributed by atoms with E-state index in [0.717, 1.165) is 19.4 Å². The number of carbonyl (C=O) groups excluding carboxylic acids is 1. The second-order valence-corrected chi connectivity index (χ2v) is 4.38. The zero-order valence-electron chi connectivity index (χ0n) is 9.23. The molecule has 0 unspecified atom stereocenters. The highest BCUT2D eigenvalue weighted by atomic mass is 35.5. The first-order valence-electron chi connectivity index (χ1n) is 5.83. The van der Waals surface area contributed by atoms with Crippen LogP contribution in [0.1, 0.15) is 44.9 Å². The highest BCUT2D eigenvalue weighted by Crippen LogP contribution is 2.19. The Labute approximate surface area is 97.1 Å². The van der Waals surface area contributed by atoms with Gasteiger partial charge in [0.15, 0.2) is 0 Å². The molecular weight excluding hydrogens is 210 g/mol. The fourth-order valence-electron chi connectivity index (χ4n) is 1.81. The van der Waals surface area contributed by atoms with Crippen molar-refractivity contribution in [3.8, 4) is 0 Å². The van der Waals surface area contributed by atoms with E-state index in [0.29, 0.717) is 12.3 Å². The number of amides is 1.